The quantitative estimate of drug-likeness (QED) is 0.838. The monoisotopic (exact) mass is 252 g/mol. The molecule has 1 atom stereocenters. The van der Waals surface area contributed by atoms with E-state index >= 15 is 0 Å². The van der Waals surface area contributed by atoms with Crippen LogP contribution in [0.2, 0.25) is 0 Å². The van der Waals surface area contributed by atoms with Gasteiger partial charge in [-0.3, -0.25) is 0 Å². The van der Waals surface area contributed by atoms with Crippen LogP contribution in [-0.2, 0) is 0 Å². The van der Waals surface area contributed by atoms with Gasteiger partial charge in [0.25, 0.3) is 0 Å². The average Bonchev–Trinajstić information content (AvgIpc) is 2.39. The number of aliphatic hydroxyl groups is 1. The molecule has 1 aliphatic rings. The second kappa shape index (κ2) is 5.74. The van der Waals surface area contributed by atoms with Crippen LogP contribution in [0, 0.1) is 5.92 Å². The number of anilines is 1. The molecule has 1 aliphatic heterocycles. The summed E-state index contributed by atoms with van der Waals surface area (Å²) in [5.74, 6) is 0.463. The maximum atomic E-state index is 9.57. The molecule has 17 heavy (non-hydrogen) atoms. The van der Waals surface area contributed by atoms with E-state index in [-0.39, 0.29) is 6.10 Å². The third kappa shape index (κ3) is 3.13. The molecule has 0 saturated carbocycles. The number of hydrogen-bond donors (Lipinski definition) is 1. The number of thioether (sulfide) groups is 1. The lowest BCUT2D eigenvalue weighted by Crippen LogP contribution is -2.37. The first kappa shape index (κ1) is 12.7. The summed E-state index contributed by atoms with van der Waals surface area (Å²) in [6.07, 6.45) is 5.96. The Labute approximate surface area is 107 Å². The van der Waals surface area contributed by atoms with Crippen LogP contribution >= 0.6 is 11.8 Å². The first-order valence-corrected chi connectivity index (χ1v) is 7.36. The number of aromatic nitrogens is 1. The minimum atomic E-state index is -0.172. The number of piperidine rings is 1. The van der Waals surface area contributed by atoms with Crippen molar-refractivity contribution in [2.24, 2.45) is 5.92 Å². The standard InChI is InChI=1S/C13H20N2OS/c1-10(16)11-5-7-15(8-6-11)12-3-4-13(17-2)14-9-12/h3-4,9-11,16H,5-8H2,1-2H3/t10-/m0/s1. The van der Waals surface area contributed by atoms with Crippen molar-refractivity contribution < 1.29 is 5.11 Å². The van der Waals surface area contributed by atoms with Crippen molar-refractivity contribution in [1.82, 2.24) is 4.98 Å². The summed E-state index contributed by atoms with van der Waals surface area (Å²) in [7, 11) is 0. The van der Waals surface area contributed by atoms with E-state index in [9.17, 15) is 5.11 Å². The van der Waals surface area contributed by atoms with Crippen molar-refractivity contribution in [2.75, 3.05) is 24.2 Å². The molecule has 0 radical (unpaired) electrons. The molecule has 0 spiro atoms. The Hall–Kier alpha value is -0.740. The van der Waals surface area contributed by atoms with Crippen LogP contribution in [0.1, 0.15) is 19.8 Å². The molecular formula is C13H20N2OS. The summed E-state index contributed by atoms with van der Waals surface area (Å²) in [5, 5.41) is 10.6. The maximum absolute atomic E-state index is 9.57. The van der Waals surface area contributed by atoms with Crippen LogP contribution in [0.15, 0.2) is 23.4 Å². The van der Waals surface area contributed by atoms with E-state index in [0.717, 1.165) is 31.0 Å². The molecule has 0 bridgehead atoms. The summed E-state index contributed by atoms with van der Waals surface area (Å²) in [6, 6.07) is 4.21. The second-order valence-electron chi connectivity index (χ2n) is 4.62. The van der Waals surface area contributed by atoms with Crippen LogP contribution in [0.5, 0.6) is 0 Å². The van der Waals surface area contributed by atoms with E-state index in [2.05, 4.69) is 22.0 Å². The zero-order valence-electron chi connectivity index (χ0n) is 10.5. The van der Waals surface area contributed by atoms with E-state index in [0.29, 0.717) is 5.92 Å². The molecule has 1 N–H and O–H groups in total. The van der Waals surface area contributed by atoms with E-state index < -0.39 is 0 Å². The Kier molecular flexibility index (Phi) is 4.29. The van der Waals surface area contributed by atoms with Gasteiger partial charge in [0.1, 0.15) is 0 Å². The highest BCUT2D eigenvalue weighted by atomic mass is 32.2. The summed E-state index contributed by atoms with van der Waals surface area (Å²) < 4.78 is 0. The third-order valence-corrected chi connectivity index (χ3v) is 4.18. The van der Waals surface area contributed by atoms with Gasteiger partial charge in [-0.15, -0.1) is 11.8 Å². The molecule has 0 unspecified atom stereocenters. The Morgan fingerprint density at radius 3 is 2.59 bits per heavy atom. The minimum absolute atomic E-state index is 0.172. The predicted octanol–water partition coefficient (Wildman–Crippen LogP) is 2.40. The summed E-state index contributed by atoms with van der Waals surface area (Å²) >= 11 is 1.67. The smallest absolute Gasteiger partial charge is 0.0958 e. The SMILES string of the molecule is CSc1ccc(N2CCC([C@H](C)O)CC2)cn1. The van der Waals surface area contributed by atoms with Gasteiger partial charge < -0.3 is 10.0 Å². The van der Waals surface area contributed by atoms with Crippen molar-refractivity contribution in [3.63, 3.8) is 0 Å². The predicted molar refractivity (Wildman–Crippen MR) is 72.6 cm³/mol. The number of nitrogens with zero attached hydrogens (tertiary/aromatic N) is 2. The van der Waals surface area contributed by atoms with Gasteiger partial charge in [0.05, 0.1) is 23.0 Å². The number of pyridine rings is 1. The summed E-state index contributed by atoms with van der Waals surface area (Å²) in [6.45, 7) is 3.95. The number of hydrogen-bond acceptors (Lipinski definition) is 4. The van der Waals surface area contributed by atoms with Crippen molar-refractivity contribution in [3.05, 3.63) is 18.3 Å². The highest BCUT2D eigenvalue weighted by molar-refractivity contribution is 7.98. The fourth-order valence-corrected chi connectivity index (χ4v) is 2.68. The zero-order valence-corrected chi connectivity index (χ0v) is 11.3. The van der Waals surface area contributed by atoms with Gasteiger partial charge in [0.15, 0.2) is 0 Å². The van der Waals surface area contributed by atoms with Gasteiger partial charge in [-0.2, -0.15) is 0 Å². The molecule has 0 aromatic carbocycles. The molecule has 4 heteroatoms. The lowest BCUT2D eigenvalue weighted by molar-refractivity contribution is 0.110. The Morgan fingerprint density at radius 1 is 1.41 bits per heavy atom. The molecule has 1 fully saturated rings. The van der Waals surface area contributed by atoms with Crippen molar-refractivity contribution in [1.29, 1.82) is 0 Å². The van der Waals surface area contributed by atoms with Crippen LogP contribution in [0.25, 0.3) is 0 Å². The largest absolute Gasteiger partial charge is 0.393 e. The Bertz CT molecular complexity index is 345. The van der Waals surface area contributed by atoms with Crippen LogP contribution in [0.3, 0.4) is 0 Å². The van der Waals surface area contributed by atoms with Crippen molar-refractivity contribution >= 4 is 17.4 Å². The van der Waals surface area contributed by atoms with E-state index in [1.807, 2.05) is 19.4 Å². The van der Waals surface area contributed by atoms with Crippen molar-refractivity contribution in [3.8, 4) is 0 Å². The van der Waals surface area contributed by atoms with Gasteiger partial charge in [0.2, 0.25) is 0 Å². The van der Waals surface area contributed by atoms with Gasteiger partial charge in [-0.25, -0.2) is 4.98 Å². The highest BCUT2D eigenvalue weighted by Crippen LogP contribution is 2.25. The van der Waals surface area contributed by atoms with E-state index in [4.69, 9.17) is 0 Å². The molecule has 2 heterocycles. The summed E-state index contributed by atoms with van der Waals surface area (Å²) in [4.78, 5) is 6.76. The highest BCUT2D eigenvalue weighted by Gasteiger charge is 2.22. The minimum Gasteiger partial charge on any atom is -0.393 e. The molecule has 0 amide bonds. The summed E-state index contributed by atoms with van der Waals surface area (Å²) in [5.41, 5.74) is 1.20. The number of aliphatic hydroxyl groups excluding tert-OH is 1. The van der Waals surface area contributed by atoms with E-state index in [1.54, 1.807) is 11.8 Å². The fraction of sp³-hybridized carbons (Fsp3) is 0.615. The topological polar surface area (TPSA) is 36.4 Å². The molecule has 1 saturated heterocycles. The first-order chi connectivity index (χ1) is 8.20. The molecule has 1 aromatic rings. The Balaban J connectivity index is 1.95. The lowest BCUT2D eigenvalue weighted by atomic mass is 9.92. The lowest BCUT2D eigenvalue weighted by Gasteiger charge is -2.34. The van der Waals surface area contributed by atoms with Gasteiger partial charge in [-0.05, 0) is 44.1 Å². The molecule has 2 rings (SSSR count). The molecule has 94 valence electrons. The third-order valence-electron chi connectivity index (χ3n) is 3.52. The number of rotatable bonds is 3. The van der Waals surface area contributed by atoms with Gasteiger partial charge in [-0.1, -0.05) is 0 Å². The second-order valence-corrected chi connectivity index (χ2v) is 5.45. The van der Waals surface area contributed by atoms with Gasteiger partial charge >= 0.3 is 0 Å². The van der Waals surface area contributed by atoms with Crippen LogP contribution < -0.4 is 4.90 Å². The fourth-order valence-electron chi connectivity index (χ4n) is 2.32. The first-order valence-electron chi connectivity index (χ1n) is 6.13. The molecular weight excluding hydrogens is 232 g/mol. The molecule has 1 aromatic heterocycles. The normalized spacial score (nSPS) is 19.4. The Morgan fingerprint density at radius 2 is 2.12 bits per heavy atom. The van der Waals surface area contributed by atoms with E-state index in [1.165, 1.54) is 5.69 Å². The van der Waals surface area contributed by atoms with Crippen LogP contribution in [0.4, 0.5) is 5.69 Å². The zero-order chi connectivity index (χ0) is 12.3. The van der Waals surface area contributed by atoms with Gasteiger partial charge in [0, 0.05) is 13.1 Å². The average molecular weight is 252 g/mol. The van der Waals surface area contributed by atoms with Crippen LogP contribution in [-0.4, -0.2) is 35.5 Å². The maximum Gasteiger partial charge on any atom is 0.0958 e. The van der Waals surface area contributed by atoms with Crippen molar-refractivity contribution in [2.45, 2.75) is 30.9 Å². The molecule has 0 aliphatic carbocycles. The molecule has 3 nitrogen and oxygen atoms in total.